The molecule has 0 aromatic carbocycles. The third kappa shape index (κ3) is 4.29. The summed E-state index contributed by atoms with van der Waals surface area (Å²) in [5.41, 5.74) is 0.0867. The molecule has 1 atom stereocenters. The lowest BCUT2D eigenvalue weighted by atomic mass is 10.1. The first-order valence-corrected chi connectivity index (χ1v) is 7.35. The molecular formula is C12H15N3O4S. The van der Waals surface area contributed by atoms with Crippen molar-refractivity contribution < 1.29 is 18.3 Å². The molecule has 20 heavy (non-hydrogen) atoms. The highest BCUT2D eigenvalue weighted by Gasteiger charge is 2.26. The zero-order valence-corrected chi connectivity index (χ0v) is 11.9. The molecular weight excluding hydrogens is 282 g/mol. The summed E-state index contributed by atoms with van der Waals surface area (Å²) in [6.45, 7) is 3.59. The number of rotatable bonds is 6. The third-order valence-corrected chi connectivity index (χ3v) is 3.89. The summed E-state index contributed by atoms with van der Waals surface area (Å²) in [5.74, 6) is -1.23. The lowest BCUT2D eigenvalue weighted by Crippen LogP contribution is -2.41. The number of hydrogen-bond acceptors (Lipinski definition) is 5. The molecule has 0 saturated heterocycles. The van der Waals surface area contributed by atoms with Crippen LogP contribution in [0.4, 0.5) is 0 Å². The van der Waals surface area contributed by atoms with Crippen molar-refractivity contribution in [3.63, 3.8) is 0 Å². The van der Waals surface area contributed by atoms with Gasteiger partial charge < -0.3 is 5.11 Å². The van der Waals surface area contributed by atoms with Crippen molar-refractivity contribution >= 4 is 16.0 Å². The van der Waals surface area contributed by atoms with Crippen LogP contribution in [-0.4, -0.2) is 30.5 Å². The first-order chi connectivity index (χ1) is 9.26. The Morgan fingerprint density at radius 2 is 2.15 bits per heavy atom. The maximum atomic E-state index is 12.1. The molecule has 0 fully saturated rings. The van der Waals surface area contributed by atoms with Gasteiger partial charge in [-0.05, 0) is 18.4 Å². The average molecular weight is 297 g/mol. The minimum absolute atomic E-state index is 0.0161. The fourth-order valence-electron chi connectivity index (χ4n) is 1.55. The van der Waals surface area contributed by atoms with Crippen molar-refractivity contribution in [1.29, 1.82) is 5.26 Å². The largest absolute Gasteiger partial charge is 0.480 e. The Bertz CT molecular complexity index is 634. The average Bonchev–Trinajstić information content (AvgIpc) is 2.37. The summed E-state index contributed by atoms with van der Waals surface area (Å²) in [6, 6.07) is 1.70. The van der Waals surface area contributed by atoms with Gasteiger partial charge in [-0.1, -0.05) is 13.8 Å². The molecule has 8 heteroatoms. The van der Waals surface area contributed by atoms with E-state index < -0.39 is 22.0 Å². The number of aliphatic carboxylic acids is 1. The van der Waals surface area contributed by atoms with Gasteiger partial charge in [0.1, 0.15) is 17.0 Å². The van der Waals surface area contributed by atoms with Gasteiger partial charge in [0, 0.05) is 12.4 Å². The van der Waals surface area contributed by atoms with Gasteiger partial charge in [0.2, 0.25) is 10.0 Å². The van der Waals surface area contributed by atoms with Gasteiger partial charge in [0.15, 0.2) is 0 Å². The molecule has 2 N–H and O–H groups in total. The molecule has 0 aliphatic rings. The predicted octanol–water partition coefficient (Wildman–Crippen LogP) is 0.731. The van der Waals surface area contributed by atoms with E-state index in [1.54, 1.807) is 19.9 Å². The minimum Gasteiger partial charge on any atom is -0.480 e. The lowest BCUT2D eigenvalue weighted by molar-refractivity contribution is -0.139. The molecule has 1 rings (SSSR count). The van der Waals surface area contributed by atoms with Crippen molar-refractivity contribution in [2.45, 2.75) is 31.2 Å². The van der Waals surface area contributed by atoms with Gasteiger partial charge in [-0.25, -0.2) is 8.42 Å². The van der Waals surface area contributed by atoms with Crippen LogP contribution >= 0.6 is 0 Å². The fourth-order valence-corrected chi connectivity index (χ4v) is 2.74. The summed E-state index contributed by atoms with van der Waals surface area (Å²) < 4.78 is 26.3. The quantitative estimate of drug-likeness (QED) is 0.798. The Kier molecular flexibility index (Phi) is 5.19. The Balaban J connectivity index is 3.03. The molecule has 0 amide bonds. The van der Waals surface area contributed by atoms with Gasteiger partial charge in [0.05, 0.1) is 5.56 Å². The smallest absolute Gasteiger partial charge is 0.321 e. The van der Waals surface area contributed by atoms with Gasteiger partial charge in [0.25, 0.3) is 0 Å². The number of nitrogens with one attached hydrogen (secondary N) is 1. The molecule has 0 unspecified atom stereocenters. The molecule has 108 valence electrons. The van der Waals surface area contributed by atoms with Crippen LogP contribution in [0.2, 0.25) is 0 Å². The summed E-state index contributed by atoms with van der Waals surface area (Å²) in [6.07, 6.45) is 2.46. The maximum absolute atomic E-state index is 12.1. The van der Waals surface area contributed by atoms with Crippen molar-refractivity contribution in [3.05, 3.63) is 24.0 Å². The molecule has 7 nitrogen and oxygen atoms in total. The second-order valence-electron chi connectivity index (χ2n) is 4.66. The Morgan fingerprint density at radius 3 is 2.65 bits per heavy atom. The summed E-state index contributed by atoms with van der Waals surface area (Å²) in [5, 5.41) is 17.8. The summed E-state index contributed by atoms with van der Waals surface area (Å²) >= 11 is 0. The minimum atomic E-state index is -4.03. The van der Waals surface area contributed by atoms with Crippen LogP contribution in [0, 0.1) is 17.2 Å². The number of pyridine rings is 1. The van der Waals surface area contributed by atoms with E-state index in [0.29, 0.717) is 0 Å². The number of sulfonamides is 1. The monoisotopic (exact) mass is 297 g/mol. The zero-order valence-electron chi connectivity index (χ0n) is 11.1. The molecule has 0 aliphatic carbocycles. The van der Waals surface area contributed by atoms with E-state index in [0.717, 1.165) is 12.3 Å². The highest BCUT2D eigenvalue weighted by Crippen LogP contribution is 2.12. The first-order valence-electron chi connectivity index (χ1n) is 5.86. The van der Waals surface area contributed by atoms with Gasteiger partial charge >= 0.3 is 5.97 Å². The van der Waals surface area contributed by atoms with E-state index in [2.05, 4.69) is 9.71 Å². The molecule has 1 aromatic rings. The van der Waals surface area contributed by atoms with E-state index in [1.807, 2.05) is 0 Å². The van der Waals surface area contributed by atoms with Crippen LogP contribution in [0.1, 0.15) is 25.8 Å². The number of hydrogen-bond donors (Lipinski definition) is 2. The van der Waals surface area contributed by atoms with Crippen molar-refractivity contribution in [2.24, 2.45) is 5.92 Å². The lowest BCUT2D eigenvalue weighted by Gasteiger charge is -2.16. The number of carboxylic acids is 1. The summed E-state index contributed by atoms with van der Waals surface area (Å²) in [4.78, 5) is 14.5. The van der Waals surface area contributed by atoms with Crippen molar-refractivity contribution in [3.8, 4) is 6.07 Å². The first kappa shape index (κ1) is 16.1. The van der Waals surface area contributed by atoms with E-state index in [-0.39, 0.29) is 22.8 Å². The second-order valence-corrected chi connectivity index (χ2v) is 6.38. The molecule has 1 heterocycles. The highest BCUT2D eigenvalue weighted by atomic mass is 32.2. The number of nitrogens with zero attached hydrogens (tertiary/aromatic N) is 2. The number of nitriles is 1. The summed E-state index contributed by atoms with van der Waals surface area (Å²) in [7, 11) is -4.03. The van der Waals surface area contributed by atoms with Crippen molar-refractivity contribution in [2.75, 3.05) is 0 Å². The molecule has 0 radical (unpaired) electrons. The highest BCUT2D eigenvalue weighted by molar-refractivity contribution is 7.89. The molecule has 0 saturated carbocycles. The van der Waals surface area contributed by atoms with Crippen LogP contribution in [0.5, 0.6) is 0 Å². The zero-order chi connectivity index (χ0) is 15.3. The SMILES string of the molecule is CC(C)C[C@@H](NS(=O)(=O)c1cncc(C#N)c1)C(=O)O. The number of carboxylic acid groups (broad SMARTS) is 1. The standard InChI is InChI=1S/C12H15N3O4S/c1-8(2)3-11(12(16)17)15-20(18,19)10-4-9(5-13)6-14-7-10/h4,6-8,11,15H,3H2,1-2H3,(H,16,17)/t11-/m1/s1. The van der Waals surface area contributed by atoms with Crippen LogP contribution < -0.4 is 4.72 Å². The van der Waals surface area contributed by atoms with Gasteiger partial charge in [-0.3, -0.25) is 9.78 Å². The van der Waals surface area contributed by atoms with E-state index >= 15 is 0 Å². The van der Waals surface area contributed by atoms with E-state index in [9.17, 15) is 13.2 Å². The Hall–Kier alpha value is -1.98. The Morgan fingerprint density at radius 1 is 1.50 bits per heavy atom. The van der Waals surface area contributed by atoms with Crippen LogP contribution in [0.15, 0.2) is 23.4 Å². The normalized spacial score (nSPS) is 12.9. The van der Waals surface area contributed by atoms with Gasteiger partial charge in [-0.15, -0.1) is 0 Å². The van der Waals surface area contributed by atoms with Crippen molar-refractivity contribution in [1.82, 2.24) is 9.71 Å². The molecule has 0 spiro atoms. The van der Waals surface area contributed by atoms with Crippen LogP contribution in [0.3, 0.4) is 0 Å². The number of carbonyl (C=O) groups is 1. The molecule has 1 aromatic heterocycles. The number of aromatic nitrogens is 1. The van der Waals surface area contributed by atoms with E-state index in [1.165, 1.54) is 6.20 Å². The molecule has 0 bridgehead atoms. The third-order valence-electron chi connectivity index (χ3n) is 2.46. The van der Waals surface area contributed by atoms with E-state index in [4.69, 9.17) is 10.4 Å². The van der Waals surface area contributed by atoms with Crippen LogP contribution in [-0.2, 0) is 14.8 Å². The van der Waals surface area contributed by atoms with Gasteiger partial charge in [-0.2, -0.15) is 9.98 Å². The predicted molar refractivity (Wildman–Crippen MR) is 70.2 cm³/mol. The molecule has 0 aliphatic heterocycles. The topological polar surface area (TPSA) is 120 Å². The Labute approximate surface area is 117 Å². The second kappa shape index (κ2) is 6.45. The fraction of sp³-hybridized carbons (Fsp3) is 0.417. The maximum Gasteiger partial charge on any atom is 0.321 e. The van der Waals surface area contributed by atoms with Crippen LogP contribution in [0.25, 0.3) is 0 Å².